The molecule has 28 heavy (non-hydrogen) atoms. The molecule has 1 N–H and O–H groups in total. The number of amides is 1. The number of aromatic nitrogens is 4. The van der Waals surface area contributed by atoms with E-state index in [0.29, 0.717) is 6.42 Å². The molecule has 0 unspecified atom stereocenters. The third kappa shape index (κ3) is 5.23. The Labute approximate surface area is 162 Å². The fourth-order valence-corrected chi connectivity index (χ4v) is 2.77. The van der Waals surface area contributed by atoms with Gasteiger partial charge in [-0.15, -0.1) is 5.10 Å². The third-order valence-electron chi connectivity index (χ3n) is 4.25. The number of hydrogen-bond acceptors (Lipinski definition) is 6. The first kappa shape index (κ1) is 19.2. The van der Waals surface area contributed by atoms with E-state index in [1.807, 2.05) is 67.6 Å². The smallest absolute Gasteiger partial charge is 0.331 e. The van der Waals surface area contributed by atoms with Gasteiger partial charge in [0.05, 0.1) is 6.04 Å². The van der Waals surface area contributed by atoms with Crippen LogP contribution in [0.1, 0.15) is 30.1 Å². The second-order valence-electron chi connectivity index (χ2n) is 6.30. The van der Waals surface area contributed by atoms with Gasteiger partial charge < -0.3 is 10.1 Å². The largest absolute Gasteiger partial charge is 0.454 e. The van der Waals surface area contributed by atoms with Gasteiger partial charge in [0.1, 0.15) is 6.33 Å². The van der Waals surface area contributed by atoms with Crippen molar-refractivity contribution < 1.29 is 14.3 Å². The summed E-state index contributed by atoms with van der Waals surface area (Å²) in [6.07, 6.45) is 1.71. The number of nitrogens with one attached hydrogen (secondary N) is 1. The van der Waals surface area contributed by atoms with E-state index < -0.39 is 12.0 Å². The molecule has 2 aromatic carbocycles. The highest BCUT2D eigenvalue weighted by molar-refractivity contribution is 5.82. The average Bonchev–Trinajstić information content (AvgIpc) is 3.26. The number of rotatable bonds is 8. The lowest BCUT2D eigenvalue weighted by atomic mass is 10.1. The Kier molecular flexibility index (Phi) is 6.46. The van der Waals surface area contributed by atoms with E-state index in [9.17, 15) is 9.59 Å². The minimum Gasteiger partial charge on any atom is -0.454 e. The van der Waals surface area contributed by atoms with Crippen LogP contribution in [0.15, 0.2) is 67.0 Å². The van der Waals surface area contributed by atoms with Crippen molar-refractivity contribution in [1.29, 1.82) is 0 Å². The molecule has 0 aliphatic carbocycles. The van der Waals surface area contributed by atoms with Crippen LogP contribution in [0.4, 0.5) is 0 Å². The van der Waals surface area contributed by atoms with Crippen molar-refractivity contribution in [3.63, 3.8) is 0 Å². The molecule has 0 spiro atoms. The molecular formula is C20H21N5O3. The zero-order valence-electron chi connectivity index (χ0n) is 15.4. The minimum absolute atomic E-state index is 0.188. The van der Waals surface area contributed by atoms with Crippen molar-refractivity contribution in [3.8, 4) is 0 Å². The Balaban J connectivity index is 1.58. The number of hydrogen-bond donors (Lipinski definition) is 1. The van der Waals surface area contributed by atoms with E-state index in [1.165, 1.54) is 11.0 Å². The predicted octanol–water partition coefficient (Wildman–Crippen LogP) is 1.88. The van der Waals surface area contributed by atoms with Crippen LogP contribution in [-0.4, -0.2) is 38.7 Å². The lowest BCUT2D eigenvalue weighted by molar-refractivity contribution is -0.152. The first-order valence-corrected chi connectivity index (χ1v) is 8.91. The van der Waals surface area contributed by atoms with Gasteiger partial charge in [-0.1, -0.05) is 60.7 Å². The summed E-state index contributed by atoms with van der Waals surface area (Å²) in [4.78, 5) is 24.8. The summed E-state index contributed by atoms with van der Waals surface area (Å²) in [5, 5.41) is 13.8. The number of carbonyl (C=O) groups is 2. The van der Waals surface area contributed by atoms with Crippen molar-refractivity contribution in [2.45, 2.75) is 25.4 Å². The van der Waals surface area contributed by atoms with Gasteiger partial charge in [-0.2, -0.15) is 0 Å². The first-order valence-electron chi connectivity index (χ1n) is 8.91. The van der Waals surface area contributed by atoms with Crippen LogP contribution in [0.5, 0.6) is 0 Å². The number of carbonyl (C=O) groups excluding carboxylic acids is 2. The Bertz CT molecular complexity index is 885. The van der Waals surface area contributed by atoms with Crippen molar-refractivity contribution in [2.24, 2.45) is 0 Å². The highest BCUT2D eigenvalue weighted by Crippen LogP contribution is 2.15. The van der Waals surface area contributed by atoms with Crippen LogP contribution in [0.2, 0.25) is 0 Å². The molecule has 144 valence electrons. The molecule has 0 radical (unpaired) electrons. The summed E-state index contributed by atoms with van der Waals surface area (Å²) in [7, 11) is 0. The normalized spacial score (nSPS) is 12.8. The molecule has 3 rings (SSSR count). The molecule has 8 heteroatoms. The second kappa shape index (κ2) is 9.40. The summed E-state index contributed by atoms with van der Waals surface area (Å²) < 4.78 is 6.56. The van der Waals surface area contributed by atoms with E-state index in [-0.39, 0.29) is 18.6 Å². The zero-order valence-corrected chi connectivity index (χ0v) is 15.4. The zero-order chi connectivity index (χ0) is 19.8. The Morgan fingerprint density at radius 1 is 1.07 bits per heavy atom. The molecule has 0 fully saturated rings. The van der Waals surface area contributed by atoms with E-state index >= 15 is 0 Å². The van der Waals surface area contributed by atoms with E-state index in [2.05, 4.69) is 20.8 Å². The van der Waals surface area contributed by atoms with Crippen molar-refractivity contribution in [3.05, 3.63) is 78.1 Å². The molecule has 3 aromatic rings. The van der Waals surface area contributed by atoms with E-state index in [1.54, 1.807) is 0 Å². The lowest BCUT2D eigenvalue weighted by Crippen LogP contribution is -2.33. The molecule has 0 aliphatic rings. The molecule has 1 heterocycles. The van der Waals surface area contributed by atoms with Crippen molar-refractivity contribution in [1.82, 2.24) is 25.5 Å². The molecule has 8 nitrogen and oxygen atoms in total. The van der Waals surface area contributed by atoms with Gasteiger partial charge in [0, 0.05) is 6.42 Å². The van der Waals surface area contributed by atoms with Crippen LogP contribution < -0.4 is 5.32 Å². The topological polar surface area (TPSA) is 99.0 Å². The SMILES string of the molecule is C[C@H](NC(=O)COC(=O)[C@@H](Cc1ccccc1)n1cnnn1)c1ccccc1. The first-order chi connectivity index (χ1) is 13.6. The van der Waals surface area contributed by atoms with Crippen molar-refractivity contribution >= 4 is 11.9 Å². The molecule has 0 saturated carbocycles. The molecule has 1 amide bonds. The summed E-state index contributed by atoms with van der Waals surface area (Å²) in [5.74, 6) is -0.946. The molecular weight excluding hydrogens is 358 g/mol. The fraction of sp³-hybridized carbons (Fsp3) is 0.250. The number of esters is 1. The van der Waals surface area contributed by atoms with Gasteiger partial charge in [-0.25, -0.2) is 9.48 Å². The maximum absolute atomic E-state index is 12.6. The van der Waals surface area contributed by atoms with Gasteiger partial charge in [0.25, 0.3) is 5.91 Å². The van der Waals surface area contributed by atoms with Crippen LogP contribution in [-0.2, 0) is 20.7 Å². The third-order valence-corrected chi connectivity index (χ3v) is 4.25. The van der Waals surface area contributed by atoms with Crippen LogP contribution in [0.3, 0.4) is 0 Å². The Hall–Kier alpha value is -3.55. The summed E-state index contributed by atoms with van der Waals surface area (Å²) in [5.41, 5.74) is 1.90. The van der Waals surface area contributed by atoms with Gasteiger partial charge in [-0.05, 0) is 28.5 Å². The maximum Gasteiger partial charge on any atom is 0.331 e. The summed E-state index contributed by atoms with van der Waals surface area (Å²) in [6.45, 7) is 1.50. The summed E-state index contributed by atoms with van der Waals surface area (Å²) >= 11 is 0. The Morgan fingerprint density at radius 2 is 1.75 bits per heavy atom. The van der Waals surface area contributed by atoms with E-state index in [4.69, 9.17) is 4.74 Å². The molecule has 1 aromatic heterocycles. The standard InChI is InChI=1S/C20H21N5O3/c1-15(17-10-6-3-7-11-17)22-19(26)13-28-20(27)18(25-14-21-23-24-25)12-16-8-4-2-5-9-16/h2-11,14-15,18H,12-13H2,1H3,(H,22,26)/t15-,18+/m0/s1. The molecule has 0 bridgehead atoms. The fourth-order valence-electron chi connectivity index (χ4n) is 2.77. The second-order valence-corrected chi connectivity index (χ2v) is 6.30. The quantitative estimate of drug-likeness (QED) is 0.600. The van der Waals surface area contributed by atoms with E-state index in [0.717, 1.165) is 11.1 Å². The molecule has 2 atom stereocenters. The molecule has 0 saturated heterocycles. The monoisotopic (exact) mass is 379 g/mol. The van der Waals surface area contributed by atoms with Gasteiger partial charge in [0.15, 0.2) is 12.6 Å². The van der Waals surface area contributed by atoms with Gasteiger partial charge in [0.2, 0.25) is 0 Å². The van der Waals surface area contributed by atoms with Gasteiger partial charge in [-0.3, -0.25) is 4.79 Å². The predicted molar refractivity (Wildman–Crippen MR) is 101 cm³/mol. The highest BCUT2D eigenvalue weighted by Gasteiger charge is 2.25. The molecule has 0 aliphatic heterocycles. The minimum atomic E-state index is -0.753. The van der Waals surface area contributed by atoms with Crippen molar-refractivity contribution in [2.75, 3.05) is 6.61 Å². The number of ether oxygens (including phenoxy) is 1. The Morgan fingerprint density at radius 3 is 2.39 bits per heavy atom. The number of benzene rings is 2. The van der Waals surface area contributed by atoms with Crippen LogP contribution in [0.25, 0.3) is 0 Å². The number of tetrazole rings is 1. The van der Waals surface area contributed by atoms with Crippen LogP contribution >= 0.6 is 0 Å². The number of nitrogens with zero attached hydrogens (tertiary/aromatic N) is 4. The highest BCUT2D eigenvalue weighted by atomic mass is 16.5. The maximum atomic E-state index is 12.6. The van der Waals surface area contributed by atoms with Gasteiger partial charge >= 0.3 is 5.97 Å². The summed E-state index contributed by atoms with van der Waals surface area (Å²) in [6, 6.07) is 18.1. The van der Waals surface area contributed by atoms with Crippen LogP contribution in [0, 0.1) is 0 Å². The average molecular weight is 379 g/mol. The lowest BCUT2D eigenvalue weighted by Gasteiger charge is -2.17.